The minimum atomic E-state index is 0.0530. The highest BCUT2D eigenvalue weighted by Gasteiger charge is 2.53. The number of rotatable bonds is 2. The first-order chi connectivity index (χ1) is 9.78. The fraction of sp³-hybridized carbons (Fsp3) is 0.588. The largest absolute Gasteiger partial charge is 0.463 e. The van der Waals surface area contributed by atoms with Gasteiger partial charge in [0.1, 0.15) is 6.61 Å². The van der Waals surface area contributed by atoms with Gasteiger partial charge in [-0.25, -0.2) is 4.99 Å². The molecule has 1 heterocycles. The smallest absolute Gasteiger partial charge is 0.285 e. The highest BCUT2D eigenvalue weighted by molar-refractivity contribution is 5.76. The zero-order chi connectivity index (χ0) is 13.6. The zero-order valence-corrected chi connectivity index (χ0v) is 12.1. The highest BCUT2D eigenvalue weighted by atomic mass is 16.5. The molecule has 3 atom stereocenters. The van der Waals surface area contributed by atoms with Crippen LogP contribution in [0.5, 0.6) is 0 Å². The third-order valence-corrected chi connectivity index (χ3v) is 5.39. The molecule has 1 aromatic carbocycles. The lowest BCUT2D eigenvalue weighted by atomic mass is 9.74. The second kappa shape index (κ2) is 4.51. The molecule has 0 spiro atoms. The molecule has 2 aliphatic carbocycles. The minimum Gasteiger partial charge on any atom is -0.463 e. The molecule has 3 nitrogen and oxygen atoms in total. The topological polar surface area (TPSA) is 33.6 Å². The van der Waals surface area contributed by atoms with Gasteiger partial charge in [-0.3, -0.25) is 0 Å². The Kier molecular flexibility index (Phi) is 2.76. The number of aryl methyl sites for hydroxylation is 1. The van der Waals surface area contributed by atoms with Crippen LogP contribution in [-0.2, 0) is 10.3 Å². The molecule has 3 aliphatic rings. The average Bonchev–Trinajstić information content (AvgIpc) is 3.16. The summed E-state index contributed by atoms with van der Waals surface area (Å²) >= 11 is 0. The van der Waals surface area contributed by atoms with Crippen molar-refractivity contribution in [2.75, 3.05) is 13.2 Å². The number of nitrogens with one attached hydrogen (secondary N) is 1. The van der Waals surface area contributed by atoms with E-state index in [1.165, 1.54) is 36.8 Å². The molecule has 3 unspecified atom stereocenters. The van der Waals surface area contributed by atoms with Crippen molar-refractivity contribution in [1.29, 1.82) is 0 Å². The van der Waals surface area contributed by atoms with Crippen LogP contribution in [0, 0.1) is 18.8 Å². The molecule has 0 amide bonds. The number of hydrogen-bond donors (Lipinski definition) is 1. The molecular weight excluding hydrogens is 248 g/mol. The standard InChI is InChI=1S/C17H22N2O/c1-12-4-2-3-5-15(12)17(19-16-18-8-9-20-16)11-13-6-7-14(17)10-13/h2-5,13-14H,6-11H2,1H3,(H,18,19). The first-order valence-electron chi connectivity index (χ1n) is 7.79. The van der Waals surface area contributed by atoms with Crippen molar-refractivity contribution in [3.63, 3.8) is 0 Å². The summed E-state index contributed by atoms with van der Waals surface area (Å²) in [5, 5.41) is 3.71. The monoisotopic (exact) mass is 270 g/mol. The van der Waals surface area contributed by atoms with E-state index in [0.29, 0.717) is 0 Å². The third-order valence-electron chi connectivity index (χ3n) is 5.39. The van der Waals surface area contributed by atoms with Crippen LogP contribution in [0.4, 0.5) is 0 Å². The van der Waals surface area contributed by atoms with E-state index < -0.39 is 0 Å². The number of nitrogens with zero attached hydrogens (tertiary/aromatic N) is 1. The molecule has 1 N–H and O–H groups in total. The van der Waals surface area contributed by atoms with Gasteiger partial charge in [-0.2, -0.15) is 0 Å². The number of amidine groups is 1. The molecule has 1 aromatic rings. The van der Waals surface area contributed by atoms with E-state index in [2.05, 4.69) is 41.5 Å². The van der Waals surface area contributed by atoms with Crippen LogP contribution in [-0.4, -0.2) is 19.2 Å². The van der Waals surface area contributed by atoms with Crippen LogP contribution in [0.25, 0.3) is 0 Å². The van der Waals surface area contributed by atoms with Crippen LogP contribution in [0.15, 0.2) is 29.3 Å². The zero-order valence-electron chi connectivity index (χ0n) is 12.1. The minimum absolute atomic E-state index is 0.0530. The van der Waals surface area contributed by atoms with Gasteiger partial charge in [-0.1, -0.05) is 24.3 Å². The Bertz CT molecular complexity index is 554. The molecule has 2 bridgehead atoms. The summed E-state index contributed by atoms with van der Waals surface area (Å²) < 4.78 is 5.65. The van der Waals surface area contributed by atoms with Crippen molar-refractivity contribution in [3.05, 3.63) is 35.4 Å². The summed E-state index contributed by atoms with van der Waals surface area (Å²) in [6, 6.07) is 9.57. The SMILES string of the molecule is Cc1ccccc1C1(NC2=NCCO2)CC2CCC1C2. The second-order valence-corrected chi connectivity index (χ2v) is 6.53. The van der Waals surface area contributed by atoms with Gasteiger partial charge in [0, 0.05) is 0 Å². The van der Waals surface area contributed by atoms with Crippen molar-refractivity contribution < 1.29 is 4.74 Å². The predicted molar refractivity (Wildman–Crippen MR) is 79.7 cm³/mol. The molecule has 0 radical (unpaired) electrons. The van der Waals surface area contributed by atoms with Gasteiger partial charge in [0.15, 0.2) is 0 Å². The van der Waals surface area contributed by atoms with Crippen LogP contribution in [0.3, 0.4) is 0 Å². The molecule has 4 rings (SSSR count). The Hall–Kier alpha value is -1.51. The van der Waals surface area contributed by atoms with Crippen molar-refractivity contribution >= 4 is 6.02 Å². The van der Waals surface area contributed by atoms with Gasteiger partial charge in [-0.05, 0) is 55.6 Å². The Labute approximate surface area is 120 Å². The Morgan fingerprint density at radius 3 is 2.85 bits per heavy atom. The van der Waals surface area contributed by atoms with Crippen LogP contribution in [0.1, 0.15) is 36.8 Å². The lowest BCUT2D eigenvalue weighted by Gasteiger charge is -2.40. The van der Waals surface area contributed by atoms with Crippen molar-refractivity contribution in [2.24, 2.45) is 16.8 Å². The summed E-state index contributed by atoms with van der Waals surface area (Å²) in [5.41, 5.74) is 2.88. The van der Waals surface area contributed by atoms with E-state index in [4.69, 9.17) is 4.74 Å². The molecule has 1 aliphatic heterocycles. The number of aliphatic imine (C=N–C) groups is 1. The van der Waals surface area contributed by atoms with Crippen molar-refractivity contribution in [2.45, 2.75) is 38.1 Å². The summed E-state index contributed by atoms with van der Waals surface area (Å²) in [7, 11) is 0. The maximum absolute atomic E-state index is 5.65. The number of benzene rings is 1. The Morgan fingerprint density at radius 2 is 2.20 bits per heavy atom. The van der Waals surface area contributed by atoms with Crippen molar-refractivity contribution in [3.8, 4) is 0 Å². The van der Waals surface area contributed by atoms with E-state index in [9.17, 15) is 0 Å². The first-order valence-corrected chi connectivity index (χ1v) is 7.79. The average molecular weight is 270 g/mol. The quantitative estimate of drug-likeness (QED) is 0.896. The second-order valence-electron chi connectivity index (χ2n) is 6.53. The normalized spacial score (nSPS) is 35.0. The Balaban J connectivity index is 1.75. The number of fused-ring (bicyclic) bond motifs is 2. The number of hydrogen-bond acceptors (Lipinski definition) is 3. The maximum Gasteiger partial charge on any atom is 0.285 e. The van der Waals surface area contributed by atoms with Crippen LogP contribution >= 0.6 is 0 Å². The van der Waals surface area contributed by atoms with Crippen molar-refractivity contribution in [1.82, 2.24) is 5.32 Å². The van der Waals surface area contributed by atoms with Gasteiger partial charge in [0.2, 0.25) is 0 Å². The van der Waals surface area contributed by atoms with Crippen LogP contribution in [0.2, 0.25) is 0 Å². The maximum atomic E-state index is 5.65. The lowest BCUT2D eigenvalue weighted by Crippen LogP contribution is -2.50. The molecule has 3 heteroatoms. The molecule has 2 saturated carbocycles. The summed E-state index contributed by atoms with van der Waals surface area (Å²) in [5.74, 6) is 1.59. The number of ether oxygens (including phenoxy) is 1. The van der Waals surface area contributed by atoms with E-state index in [1.54, 1.807) is 0 Å². The Morgan fingerprint density at radius 1 is 1.30 bits per heavy atom. The van der Waals surface area contributed by atoms with Gasteiger partial charge in [0.05, 0.1) is 12.1 Å². The van der Waals surface area contributed by atoms with Gasteiger partial charge in [-0.15, -0.1) is 0 Å². The summed E-state index contributed by atoms with van der Waals surface area (Å²) in [6.45, 7) is 3.74. The molecule has 106 valence electrons. The first kappa shape index (κ1) is 12.2. The summed E-state index contributed by atoms with van der Waals surface area (Å²) in [6.07, 6.45) is 5.31. The van der Waals surface area contributed by atoms with Gasteiger partial charge < -0.3 is 10.1 Å². The molecule has 0 saturated heterocycles. The lowest BCUT2D eigenvalue weighted by molar-refractivity contribution is 0.218. The third kappa shape index (κ3) is 1.75. The molecule has 2 fully saturated rings. The van der Waals surface area contributed by atoms with E-state index in [0.717, 1.165) is 31.0 Å². The fourth-order valence-corrected chi connectivity index (χ4v) is 4.56. The van der Waals surface area contributed by atoms with Gasteiger partial charge >= 0.3 is 0 Å². The molecular formula is C17H22N2O. The summed E-state index contributed by atoms with van der Waals surface area (Å²) in [4.78, 5) is 4.47. The van der Waals surface area contributed by atoms with E-state index in [-0.39, 0.29) is 5.54 Å². The molecule has 0 aromatic heterocycles. The fourth-order valence-electron chi connectivity index (χ4n) is 4.56. The van der Waals surface area contributed by atoms with E-state index >= 15 is 0 Å². The van der Waals surface area contributed by atoms with Gasteiger partial charge in [0.25, 0.3) is 6.02 Å². The highest BCUT2D eigenvalue weighted by Crippen LogP contribution is 2.56. The molecule has 20 heavy (non-hydrogen) atoms. The van der Waals surface area contributed by atoms with E-state index in [1.807, 2.05) is 0 Å². The predicted octanol–water partition coefficient (Wildman–Crippen LogP) is 2.99. The van der Waals surface area contributed by atoms with Crippen LogP contribution < -0.4 is 5.32 Å².